The van der Waals surface area contributed by atoms with Crippen LogP contribution in [0.15, 0.2) is 133 Å². The van der Waals surface area contributed by atoms with Crippen molar-refractivity contribution in [1.82, 2.24) is 15.2 Å². The van der Waals surface area contributed by atoms with E-state index in [1.165, 1.54) is 27.6 Å². The largest absolute Gasteiger partial charge is 0.497 e. The summed E-state index contributed by atoms with van der Waals surface area (Å²) < 4.78 is 41.8. The molecular formula is C60H69ClN5O7S+. The van der Waals surface area contributed by atoms with E-state index < -0.39 is 16.3 Å². The second-order valence-corrected chi connectivity index (χ2v) is 22.4. The number of carbonyl (C=O) groups excluding carboxylic acids is 2. The highest BCUT2D eigenvalue weighted by atomic mass is 35.5. The zero-order valence-corrected chi connectivity index (χ0v) is 45.1. The van der Waals surface area contributed by atoms with Crippen molar-refractivity contribution in [2.45, 2.75) is 97.1 Å². The van der Waals surface area contributed by atoms with Crippen LogP contribution in [0.4, 0.5) is 11.4 Å². The molecule has 74 heavy (non-hydrogen) atoms. The SMILES string of the molecule is CCN1/C(=C/C=C/C=C/C2=[N+](CCCCS(=O)(=O)O)c3ccc4ccccc4c3C2(C)C)C(C)(C)c2cc(CC(O)NCCCCNC(=O)Cc3c(C)n(C(=O)c4ccc(Cl)cc4)c4ccc(OC)cc34)ccc21. The number of aliphatic hydroxyl groups excluding tert-OH is 1. The summed E-state index contributed by atoms with van der Waals surface area (Å²) in [6.07, 6.45) is 12.9. The molecule has 1 amide bonds. The number of unbranched alkanes of at least 4 members (excludes halogenated alkanes) is 2. The summed E-state index contributed by atoms with van der Waals surface area (Å²) in [5, 5.41) is 21.1. The van der Waals surface area contributed by atoms with E-state index in [4.69, 9.17) is 16.3 Å². The number of rotatable bonds is 21. The number of fused-ring (bicyclic) bond motifs is 5. The van der Waals surface area contributed by atoms with Gasteiger partial charge in [-0.15, -0.1) is 0 Å². The summed E-state index contributed by atoms with van der Waals surface area (Å²) in [4.78, 5) is 29.4. The van der Waals surface area contributed by atoms with Crippen LogP contribution >= 0.6 is 11.6 Å². The molecule has 388 valence electrons. The van der Waals surface area contributed by atoms with Gasteiger partial charge < -0.3 is 20.1 Å². The van der Waals surface area contributed by atoms with Gasteiger partial charge in [0.1, 0.15) is 18.5 Å². The average Bonchev–Trinajstić information content (AvgIpc) is 3.86. The van der Waals surface area contributed by atoms with Gasteiger partial charge in [-0.3, -0.25) is 24.0 Å². The molecule has 0 bridgehead atoms. The van der Waals surface area contributed by atoms with Crippen LogP contribution in [-0.4, -0.2) is 90.0 Å². The number of ether oxygens (including phenoxy) is 1. The minimum absolute atomic E-state index is 0.104. The monoisotopic (exact) mass is 1040 g/mol. The fraction of sp³-hybridized carbons (Fsp3) is 0.350. The summed E-state index contributed by atoms with van der Waals surface area (Å²) >= 11 is 6.09. The van der Waals surface area contributed by atoms with Crippen LogP contribution in [0.1, 0.15) is 98.6 Å². The Morgan fingerprint density at radius 3 is 2.36 bits per heavy atom. The van der Waals surface area contributed by atoms with Crippen molar-refractivity contribution in [3.8, 4) is 5.75 Å². The van der Waals surface area contributed by atoms with Crippen molar-refractivity contribution < 1.29 is 37.0 Å². The predicted octanol–water partition coefficient (Wildman–Crippen LogP) is 10.9. The minimum Gasteiger partial charge on any atom is -0.497 e. The van der Waals surface area contributed by atoms with Crippen molar-refractivity contribution in [2.75, 3.05) is 43.9 Å². The summed E-state index contributed by atoms with van der Waals surface area (Å²) in [7, 11) is -2.44. The standard InChI is InChI=1S/C60H68ClN5O7S/c1-8-64-51-29-22-41(37-55(67)62-32-14-15-33-63-56(68)39-47-40(2)66(50-31-28-45(73-7)38-48(47)50)58(69)43-23-26-44(61)27-24-43)36-49(51)59(3,4)53(64)20-10-9-11-21-54-60(5,6)57-46-19-13-12-18-42(46)25-30-52(57)65(54)34-16-17-35-74(70,71)72/h9-13,18-31,36,38,55,62,67H,8,14-17,32-35,37,39H2,1-7H3,(H-,63,68,70,71,72)/p+1. The Hall–Kier alpha value is -6.35. The molecule has 2 aliphatic rings. The highest BCUT2D eigenvalue weighted by Gasteiger charge is 2.45. The third kappa shape index (κ3) is 11.5. The van der Waals surface area contributed by atoms with Gasteiger partial charge in [-0.1, -0.05) is 80.1 Å². The lowest BCUT2D eigenvalue weighted by atomic mass is 9.79. The van der Waals surface area contributed by atoms with Gasteiger partial charge in [-0.25, -0.2) is 0 Å². The molecular weight excluding hydrogens is 970 g/mol. The Balaban J connectivity index is 0.855. The van der Waals surface area contributed by atoms with Crippen LogP contribution in [0.3, 0.4) is 0 Å². The Morgan fingerprint density at radius 2 is 1.62 bits per heavy atom. The number of halogens is 1. The number of benzene rings is 5. The normalized spacial score (nSPS) is 16.0. The zero-order valence-electron chi connectivity index (χ0n) is 43.5. The first-order valence-corrected chi connectivity index (χ1v) is 27.6. The highest BCUT2D eigenvalue weighted by molar-refractivity contribution is 7.85. The zero-order chi connectivity index (χ0) is 53.0. The van der Waals surface area contributed by atoms with Crippen molar-refractivity contribution in [1.29, 1.82) is 0 Å². The van der Waals surface area contributed by atoms with Gasteiger partial charge in [-0.2, -0.15) is 13.0 Å². The molecule has 3 heterocycles. The maximum absolute atomic E-state index is 13.7. The summed E-state index contributed by atoms with van der Waals surface area (Å²) in [5.41, 5.74) is 10.1. The van der Waals surface area contributed by atoms with E-state index in [0.717, 1.165) is 53.0 Å². The van der Waals surface area contributed by atoms with E-state index in [9.17, 15) is 27.7 Å². The lowest BCUT2D eigenvalue weighted by molar-refractivity contribution is -0.438. The van der Waals surface area contributed by atoms with Crippen molar-refractivity contribution in [3.63, 3.8) is 0 Å². The number of carbonyl (C=O) groups is 2. The second-order valence-electron chi connectivity index (χ2n) is 20.4. The van der Waals surface area contributed by atoms with E-state index in [2.05, 4.69) is 140 Å². The molecule has 0 spiro atoms. The number of anilines is 1. The fourth-order valence-electron chi connectivity index (χ4n) is 10.9. The third-order valence-corrected chi connectivity index (χ3v) is 15.8. The van der Waals surface area contributed by atoms with Crippen LogP contribution in [-0.2, 0) is 38.6 Å². The number of aromatic nitrogens is 1. The van der Waals surface area contributed by atoms with E-state index in [0.29, 0.717) is 66.4 Å². The van der Waals surface area contributed by atoms with Crippen LogP contribution in [0.5, 0.6) is 5.75 Å². The fourth-order valence-corrected chi connectivity index (χ4v) is 11.6. The molecule has 6 aromatic rings. The number of hydrogen-bond acceptors (Lipinski definition) is 8. The lowest BCUT2D eigenvalue weighted by Gasteiger charge is -2.25. The molecule has 1 aromatic heterocycles. The van der Waals surface area contributed by atoms with E-state index in [1.54, 1.807) is 35.9 Å². The van der Waals surface area contributed by atoms with Gasteiger partial charge >= 0.3 is 0 Å². The van der Waals surface area contributed by atoms with Crippen LogP contribution < -0.4 is 20.3 Å². The predicted molar refractivity (Wildman–Crippen MR) is 299 cm³/mol. The molecule has 0 saturated carbocycles. The molecule has 1 atom stereocenters. The molecule has 0 fully saturated rings. The van der Waals surface area contributed by atoms with Gasteiger partial charge in [0.05, 0.1) is 30.2 Å². The first-order chi connectivity index (χ1) is 35.3. The number of nitrogens with zero attached hydrogens (tertiary/aromatic N) is 3. The maximum Gasteiger partial charge on any atom is 0.264 e. The summed E-state index contributed by atoms with van der Waals surface area (Å²) in [6, 6.07) is 31.5. The number of hydrogen-bond donors (Lipinski definition) is 4. The number of amides is 1. The van der Waals surface area contributed by atoms with Crippen molar-refractivity contribution >= 4 is 72.3 Å². The molecule has 0 saturated heterocycles. The lowest BCUT2D eigenvalue weighted by Crippen LogP contribution is -2.32. The Labute approximate surface area is 440 Å². The number of aliphatic hydroxyl groups is 1. The van der Waals surface area contributed by atoms with Crippen LogP contribution in [0, 0.1) is 6.92 Å². The smallest absolute Gasteiger partial charge is 0.264 e. The van der Waals surface area contributed by atoms with E-state index >= 15 is 0 Å². The van der Waals surface area contributed by atoms with Gasteiger partial charge in [0.25, 0.3) is 16.0 Å². The summed E-state index contributed by atoms with van der Waals surface area (Å²) in [6.45, 7) is 15.5. The van der Waals surface area contributed by atoms with Crippen LogP contribution in [0.2, 0.25) is 5.02 Å². The Bertz CT molecular complexity index is 3330. The van der Waals surface area contributed by atoms with E-state index in [-0.39, 0.29) is 34.8 Å². The first-order valence-electron chi connectivity index (χ1n) is 25.6. The van der Waals surface area contributed by atoms with Crippen molar-refractivity contribution in [3.05, 3.63) is 172 Å². The molecule has 8 rings (SSSR count). The van der Waals surface area contributed by atoms with Gasteiger partial charge in [0.2, 0.25) is 11.6 Å². The molecule has 12 nitrogen and oxygen atoms in total. The Kier molecular flexibility index (Phi) is 16.5. The minimum atomic E-state index is -4.03. The summed E-state index contributed by atoms with van der Waals surface area (Å²) in [5.74, 6) is 0.0306. The third-order valence-electron chi connectivity index (χ3n) is 14.7. The maximum atomic E-state index is 13.7. The molecule has 1 unspecified atom stereocenters. The molecule has 0 aliphatic carbocycles. The molecule has 14 heteroatoms. The Morgan fingerprint density at radius 1 is 0.865 bits per heavy atom. The molecule has 2 aliphatic heterocycles. The number of allylic oxidation sites excluding steroid dienone is 6. The number of likely N-dealkylation sites (N-methyl/N-ethyl adjacent to an activating group) is 1. The quantitative estimate of drug-likeness (QED) is 0.0181. The second kappa shape index (κ2) is 22.6. The molecule has 4 N–H and O–H groups in total. The van der Waals surface area contributed by atoms with Crippen molar-refractivity contribution in [2.24, 2.45) is 0 Å². The topological polar surface area (TPSA) is 153 Å². The van der Waals surface area contributed by atoms with Gasteiger partial charge in [0.15, 0.2) is 5.71 Å². The molecule has 5 aromatic carbocycles. The molecule has 0 radical (unpaired) electrons. The highest BCUT2D eigenvalue weighted by Crippen LogP contribution is 2.48. The van der Waals surface area contributed by atoms with Gasteiger partial charge in [0, 0.05) is 82.1 Å². The van der Waals surface area contributed by atoms with Crippen LogP contribution in [0.25, 0.3) is 21.7 Å². The van der Waals surface area contributed by atoms with E-state index in [1.807, 2.05) is 25.1 Å². The first kappa shape index (κ1) is 53.9. The number of methoxy groups -OCH3 is 1. The van der Waals surface area contributed by atoms with Gasteiger partial charge in [-0.05, 0) is 142 Å². The average molecular weight is 1040 g/mol. The number of nitrogens with one attached hydrogen (secondary N) is 2.